The number of nitro benzene ring substituents is 1. The molecule has 0 unspecified atom stereocenters. The molecule has 4 nitrogen and oxygen atoms in total. The topological polar surface area (TPSA) is 55.2 Å². The minimum absolute atomic E-state index is 0.129. The van der Waals surface area contributed by atoms with Crippen LogP contribution in [0.25, 0.3) is 0 Å². The smallest absolute Gasteiger partial charge is 0.298 e. The number of benzene rings is 2. The van der Waals surface area contributed by atoms with Crippen molar-refractivity contribution in [2.24, 2.45) is 0 Å². The molecule has 0 atom stereocenters. The fourth-order valence-corrected chi connectivity index (χ4v) is 1.93. The molecule has 0 aromatic heterocycles. The Labute approximate surface area is 118 Å². The summed E-state index contributed by atoms with van der Waals surface area (Å²) in [6, 6.07) is 8.01. The van der Waals surface area contributed by atoms with Crippen molar-refractivity contribution in [1.29, 1.82) is 0 Å². The van der Waals surface area contributed by atoms with Gasteiger partial charge in [-0.3, -0.25) is 10.1 Å². The average Bonchev–Trinajstić information content (AvgIpc) is 2.36. The molecule has 0 aliphatic carbocycles. The van der Waals surface area contributed by atoms with Crippen LogP contribution in [0, 0.1) is 21.7 Å². The van der Waals surface area contributed by atoms with Crippen LogP contribution in [0.4, 0.5) is 20.2 Å². The number of hydrogen-bond acceptors (Lipinski definition) is 3. The lowest BCUT2D eigenvalue weighted by Crippen LogP contribution is -2.05. The summed E-state index contributed by atoms with van der Waals surface area (Å²) in [4.78, 5) is 9.96. The summed E-state index contributed by atoms with van der Waals surface area (Å²) in [5, 5.41) is 13.9. The minimum Gasteiger partial charge on any atom is -0.373 e. The first-order valence-electron chi connectivity index (χ1n) is 5.59. The summed E-state index contributed by atoms with van der Waals surface area (Å²) in [6.45, 7) is 0.129. The predicted octanol–water partition coefficient (Wildman–Crippen LogP) is 4.14. The van der Waals surface area contributed by atoms with Crippen LogP contribution >= 0.6 is 11.6 Å². The van der Waals surface area contributed by atoms with Crippen LogP contribution in [0.5, 0.6) is 0 Å². The molecule has 0 amide bonds. The Hall–Kier alpha value is -2.21. The van der Waals surface area contributed by atoms with Gasteiger partial charge in [0.25, 0.3) is 5.69 Å². The molecular weight excluding hydrogens is 290 g/mol. The van der Waals surface area contributed by atoms with Crippen LogP contribution in [-0.4, -0.2) is 4.92 Å². The van der Waals surface area contributed by atoms with Crippen molar-refractivity contribution < 1.29 is 13.7 Å². The maximum Gasteiger partial charge on any atom is 0.298 e. The van der Waals surface area contributed by atoms with Gasteiger partial charge in [0.2, 0.25) is 0 Å². The van der Waals surface area contributed by atoms with Gasteiger partial charge in [0.15, 0.2) is 5.82 Å². The molecule has 2 aromatic carbocycles. The first-order chi connectivity index (χ1) is 9.47. The van der Waals surface area contributed by atoms with Crippen molar-refractivity contribution >= 4 is 23.0 Å². The Morgan fingerprint density at radius 1 is 1.25 bits per heavy atom. The molecule has 1 N–H and O–H groups in total. The van der Waals surface area contributed by atoms with Gasteiger partial charge in [0, 0.05) is 17.6 Å². The van der Waals surface area contributed by atoms with Gasteiger partial charge in [-0.2, -0.15) is 0 Å². The monoisotopic (exact) mass is 298 g/mol. The molecule has 104 valence electrons. The molecule has 0 saturated heterocycles. The lowest BCUT2D eigenvalue weighted by Gasteiger charge is -2.08. The van der Waals surface area contributed by atoms with Crippen LogP contribution < -0.4 is 5.32 Å². The third-order valence-electron chi connectivity index (χ3n) is 2.59. The van der Waals surface area contributed by atoms with Crippen LogP contribution in [-0.2, 0) is 6.54 Å². The van der Waals surface area contributed by atoms with Crippen molar-refractivity contribution in [3.63, 3.8) is 0 Å². The molecule has 0 bridgehead atoms. The van der Waals surface area contributed by atoms with Crippen molar-refractivity contribution in [2.75, 3.05) is 5.32 Å². The van der Waals surface area contributed by atoms with Gasteiger partial charge in [-0.05, 0) is 17.7 Å². The molecule has 2 rings (SSSR count). The van der Waals surface area contributed by atoms with E-state index in [1.165, 1.54) is 0 Å². The Balaban J connectivity index is 2.27. The Morgan fingerprint density at radius 2 is 2.00 bits per heavy atom. The number of nitro groups is 1. The summed E-state index contributed by atoms with van der Waals surface area (Å²) >= 11 is 5.80. The van der Waals surface area contributed by atoms with Gasteiger partial charge < -0.3 is 5.32 Å². The maximum atomic E-state index is 13.6. The fraction of sp³-hybridized carbons (Fsp3) is 0.0769. The number of hydrogen-bond donors (Lipinski definition) is 1. The Morgan fingerprint density at radius 3 is 2.65 bits per heavy atom. The highest BCUT2D eigenvalue weighted by molar-refractivity contribution is 6.30. The van der Waals surface area contributed by atoms with Crippen LogP contribution in [0.15, 0.2) is 36.4 Å². The molecular formula is C13H9ClF2N2O2. The number of nitrogens with one attached hydrogen (secondary N) is 1. The second-order valence-electron chi connectivity index (χ2n) is 4.02. The zero-order valence-electron chi connectivity index (χ0n) is 10.1. The quantitative estimate of drug-likeness (QED) is 0.682. The molecule has 0 aliphatic heterocycles. The van der Waals surface area contributed by atoms with E-state index in [0.29, 0.717) is 17.2 Å². The molecule has 0 radical (unpaired) electrons. The standard InChI is InChI=1S/C13H9ClF2N2O2/c14-9-3-1-2-8(4-9)7-17-13-11(16)5-10(15)6-12(13)18(19)20/h1-6,17H,7H2. The molecule has 7 heteroatoms. The molecule has 20 heavy (non-hydrogen) atoms. The highest BCUT2D eigenvalue weighted by Gasteiger charge is 2.20. The Kier molecular flexibility index (Phi) is 4.14. The van der Waals surface area contributed by atoms with Gasteiger partial charge in [-0.1, -0.05) is 23.7 Å². The highest BCUT2D eigenvalue weighted by atomic mass is 35.5. The number of halogens is 3. The van der Waals surface area contributed by atoms with E-state index in [-0.39, 0.29) is 12.2 Å². The SMILES string of the molecule is O=[N+]([O-])c1cc(F)cc(F)c1NCc1cccc(Cl)c1. The molecule has 2 aromatic rings. The van der Waals surface area contributed by atoms with E-state index in [9.17, 15) is 18.9 Å². The zero-order chi connectivity index (χ0) is 14.7. The summed E-state index contributed by atoms with van der Waals surface area (Å²) in [5.41, 5.74) is -0.281. The summed E-state index contributed by atoms with van der Waals surface area (Å²) in [6.07, 6.45) is 0. The number of rotatable bonds is 4. The lowest BCUT2D eigenvalue weighted by molar-refractivity contribution is -0.384. The van der Waals surface area contributed by atoms with E-state index in [1.807, 2.05) is 0 Å². The van der Waals surface area contributed by atoms with E-state index in [0.717, 1.165) is 5.56 Å². The molecule has 0 fully saturated rings. The molecule has 0 aliphatic rings. The molecule has 0 spiro atoms. The molecule has 0 saturated carbocycles. The lowest BCUT2D eigenvalue weighted by atomic mass is 10.2. The van der Waals surface area contributed by atoms with Gasteiger partial charge in [0.05, 0.1) is 11.0 Å². The third-order valence-corrected chi connectivity index (χ3v) is 2.82. The van der Waals surface area contributed by atoms with Crippen molar-refractivity contribution in [2.45, 2.75) is 6.54 Å². The molecule has 0 heterocycles. The van der Waals surface area contributed by atoms with Crippen molar-refractivity contribution in [3.8, 4) is 0 Å². The Bertz CT molecular complexity index is 665. The van der Waals surface area contributed by atoms with E-state index < -0.39 is 22.2 Å². The first-order valence-corrected chi connectivity index (χ1v) is 5.97. The van der Waals surface area contributed by atoms with Crippen LogP contribution in [0.1, 0.15) is 5.56 Å². The van der Waals surface area contributed by atoms with Gasteiger partial charge >= 0.3 is 0 Å². The van der Waals surface area contributed by atoms with Gasteiger partial charge in [-0.15, -0.1) is 0 Å². The van der Waals surface area contributed by atoms with E-state index >= 15 is 0 Å². The number of nitrogens with zero attached hydrogens (tertiary/aromatic N) is 1. The minimum atomic E-state index is -1.02. The van der Waals surface area contributed by atoms with Gasteiger partial charge in [-0.25, -0.2) is 8.78 Å². The van der Waals surface area contributed by atoms with Crippen LogP contribution in [0.3, 0.4) is 0 Å². The van der Waals surface area contributed by atoms with Gasteiger partial charge in [0.1, 0.15) is 11.5 Å². The summed E-state index contributed by atoms with van der Waals surface area (Å²) in [7, 11) is 0. The van der Waals surface area contributed by atoms with E-state index in [4.69, 9.17) is 11.6 Å². The summed E-state index contributed by atoms with van der Waals surface area (Å²) in [5.74, 6) is -2.01. The second-order valence-corrected chi connectivity index (χ2v) is 4.46. The fourth-order valence-electron chi connectivity index (χ4n) is 1.72. The average molecular weight is 299 g/mol. The van der Waals surface area contributed by atoms with E-state index in [1.54, 1.807) is 24.3 Å². The van der Waals surface area contributed by atoms with Crippen molar-refractivity contribution in [3.05, 3.63) is 68.7 Å². The number of anilines is 1. The van der Waals surface area contributed by atoms with Crippen LogP contribution in [0.2, 0.25) is 5.02 Å². The second kappa shape index (κ2) is 5.83. The summed E-state index contributed by atoms with van der Waals surface area (Å²) < 4.78 is 26.6. The zero-order valence-corrected chi connectivity index (χ0v) is 10.8. The highest BCUT2D eigenvalue weighted by Crippen LogP contribution is 2.29. The first kappa shape index (κ1) is 14.2. The maximum absolute atomic E-state index is 13.6. The largest absolute Gasteiger partial charge is 0.373 e. The van der Waals surface area contributed by atoms with Crippen molar-refractivity contribution in [1.82, 2.24) is 0 Å². The normalized spacial score (nSPS) is 10.3. The van der Waals surface area contributed by atoms with E-state index in [2.05, 4.69) is 5.32 Å². The third kappa shape index (κ3) is 3.21. The predicted molar refractivity (Wildman–Crippen MR) is 71.8 cm³/mol.